The van der Waals surface area contributed by atoms with Crippen LogP contribution in [0.4, 0.5) is 4.79 Å². The van der Waals surface area contributed by atoms with Crippen LogP contribution in [0.25, 0.3) is 0 Å². The van der Waals surface area contributed by atoms with Gasteiger partial charge in [0.05, 0.1) is 6.21 Å². The Hall–Kier alpha value is -0.950. The van der Waals surface area contributed by atoms with Gasteiger partial charge < -0.3 is 10.3 Å². The summed E-state index contributed by atoms with van der Waals surface area (Å²) < 4.78 is -0.0330. The Morgan fingerprint density at radius 2 is 2.00 bits per heavy atom. The van der Waals surface area contributed by atoms with E-state index in [-0.39, 0.29) is 10.6 Å². The largest absolute Gasteiger partial charge is 0.465 e. The number of carbonyl (C=O) groups excluding carboxylic acids is 1. The van der Waals surface area contributed by atoms with Crippen molar-refractivity contribution in [2.24, 2.45) is 5.16 Å². The number of amides is 2. The monoisotopic (exact) mass is 284 g/mol. The van der Waals surface area contributed by atoms with E-state index in [4.69, 9.17) is 21.9 Å². The molecule has 0 aromatic heterocycles. The number of nitrogens with zero attached hydrogens (tertiary/aromatic N) is 2. The van der Waals surface area contributed by atoms with Gasteiger partial charge in [0.2, 0.25) is 5.91 Å². The molecule has 0 aliphatic heterocycles. The highest BCUT2D eigenvalue weighted by Gasteiger charge is 2.12. The summed E-state index contributed by atoms with van der Waals surface area (Å²) >= 11 is 6.68. The molecule has 0 unspecified atom stereocenters. The highest BCUT2D eigenvalue weighted by Crippen LogP contribution is 2.17. The summed E-state index contributed by atoms with van der Waals surface area (Å²) in [5.74, 6) is -0.924. The lowest BCUT2D eigenvalue weighted by molar-refractivity contribution is -0.125. The summed E-state index contributed by atoms with van der Waals surface area (Å²) in [5, 5.41) is 19.2. The van der Waals surface area contributed by atoms with E-state index in [9.17, 15) is 9.59 Å². The van der Waals surface area contributed by atoms with E-state index < -0.39 is 12.0 Å². The highest BCUT2D eigenvalue weighted by molar-refractivity contribution is 8.00. The Morgan fingerprint density at radius 3 is 2.12 bits per heavy atom. The van der Waals surface area contributed by atoms with E-state index in [1.165, 1.54) is 6.21 Å². The molecule has 0 heterocycles. The van der Waals surface area contributed by atoms with E-state index in [1.54, 1.807) is 11.8 Å². The number of rotatable bonds is 3. The summed E-state index contributed by atoms with van der Waals surface area (Å²) in [6.07, 6.45) is 2.19. The summed E-state index contributed by atoms with van der Waals surface area (Å²) in [6, 6.07) is 0. The fourth-order valence-electron chi connectivity index (χ4n) is 0.388. The van der Waals surface area contributed by atoms with E-state index >= 15 is 0 Å². The minimum Gasteiger partial charge on any atom is -0.465 e. The summed E-state index contributed by atoms with van der Waals surface area (Å²) in [4.78, 5) is 20.8. The molecule has 8 heteroatoms. The lowest BCUT2D eigenvalue weighted by atomic mass is 10.2. The average molecular weight is 285 g/mol. The van der Waals surface area contributed by atoms with Crippen LogP contribution >= 0.6 is 23.4 Å². The third-order valence-corrected chi connectivity index (χ3v) is 3.06. The number of hydrogen-bond acceptors (Lipinski definition) is 5. The van der Waals surface area contributed by atoms with Gasteiger partial charge in [-0.05, 0) is 20.1 Å². The minimum atomic E-state index is -1.29. The van der Waals surface area contributed by atoms with E-state index in [0.29, 0.717) is 4.90 Å². The van der Waals surface area contributed by atoms with Crippen molar-refractivity contribution in [3.8, 4) is 0 Å². The van der Waals surface area contributed by atoms with E-state index in [1.807, 2.05) is 20.1 Å². The quantitative estimate of drug-likeness (QED) is 0.358. The summed E-state index contributed by atoms with van der Waals surface area (Å²) in [7, 11) is 1.15. The molecular weight excluding hydrogens is 268 g/mol. The Bertz CT molecular complexity index is 284. The van der Waals surface area contributed by atoms with Crippen molar-refractivity contribution in [3.63, 3.8) is 0 Å². The lowest BCUT2D eigenvalue weighted by Gasteiger charge is -2.12. The number of imide groups is 1. The molecule has 0 aromatic carbocycles. The molecule has 0 aromatic rings. The number of carboxylic acid groups (broad SMARTS) is 1. The van der Waals surface area contributed by atoms with E-state index in [0.717, 1.165) is 7.05 Å². The van der Waals surface area contributed by atoms with Crippen LogP contribution in [0.5, 0.6) is 0 Å². The number of alkyl halides is 1. The topological polar surface area (TPSA) is 90.2 Å². The van der Waals surface area contributed by atoms with Crippen LogP contribution in [0.2, 0.25) is 0 Å². The molecule has 0 saturated carbocycles. The van der Waals surface area contributed by atoms with Crippen molar-refractivity contribution in [2.75, 3.05) is 19.2 Å². The standard InChI is InChI=1S/C5H11NOS.C4H6ClNO3/c1-5(2,8-3)4-6-7;1-6(4(8)9)3(7)2-5/h4,7H,1-3H3;2H2,1H3,(H,8,9). The van der Waals surface area contributed by atoms with Crippen molar-refractivity contribution in [3.05, 3.63) is 0 Å². The Labute approximate surface area is 110 Å². The van der Waals surface area contributed by atoms with Crippen molar-refractivity contribution in [2.45, 2.75) is 18.6 Å². The first kappa shape index (κ1) is 18.4. The van der Waals surface area contributed by atoms with Gasteiger partial charge in [0.1, 0.15) is 5.88 Å². The molecule has 100 valence electrons. The molecular formula is C9H17ClN2O4S. The zero-order chi connectivity index (χ0) is 14.1. The van der Waals surface area contributed by atoms with Gasteiger partial charge in [0.25, 0.3) is 0 Å². The molecule has 2 amide bonds. The summed E-state index contributed by atoms with van der Waals surface area (Å²) in [5.41, 5.74) is 0. The molecule has 0 bridgehead atoms. The van der Waals surface area contributed by atoms with Crippen molar-refractivity contribution >= 4 is 41.6 Å². The molecule has 17 heavy (non-hydrogen) atoms. The zero-order valence-electron chi connectivity index (χ0n) is 10.2. The van der Waals surface area contributed by atoms with Gasteiger partial charge in [-0.3, -0.25) is 4.79 Å². The smallest absolute Gasteiger partial charge is 0.413 e. The van der Waals surface area contributed by atoms with Gasteiger partial charge in [-0.15, -0.1) is 16.8 Å². The molecule has 0 aliphatic carbocycles. The number of thioether (sulfide) groups is 1. The number of hydrogen-bond donors (Lipinski definition) is 2. The Morgan fingerprint density at radius 1 is 1.53 bits per heavy atom. The first-order chi connectivity index (χ1) is 7.71. The van der Waals surface area contributed by atoms with Crippen LogP contribution in [-0.2, 0) is 4.79 Å². The number of halogens is 1. The molecule has 2 N–H and O–H groups in total. The fraction of sp³-hybridized carbons (Fsp3) is 0.667. The molecule has 0 radical (unpaired) electrons. The van der Waals surface area contributed by atoms with Crippen LogP contribution in [0.3, 0.4) is 0 Å². The van der Waals surface area contributed by atoms with Gasteiger partial charge in [0.15, 0.2) is 0 Å². The highest BCUT2D eigenvalue weighted by atomic mass is 35.5. The van der Waals surface area contributed by atoms with Gasteiger partial charge in [-0.2, -0.15) is 11.8 Å². The van der Waals surface area contributed by atoms with Crippen molar-refractivity contribution in [1.29, 1.82) is 0 Å². The molecule has 6 nitrogen and oxygen atoms in total. The van der Waals surface area contributed by atoms with Crippen molar-refractivity contribution < 1.29 is 19.9 Å². The third kappa shape index (κ3) is 9.95. The maximum atomic E-state index is 10.4. The average Bonchev–Trinajstić information content (AvgIpc) is 2.27. The van der Waals surface area contributed by atoms with Gasteiger partial charge in [0, 0.05) is 11.8 Å². The van der Waals surface area contributed by atoms with Crippen LogP contribution in [0.15, 0.2) is 5.16 Å². The van der Waals surface area contributed by atoms with Gasteiger partial charge in [-0.25, -0.2) is 9.69 Å². The van der Waals surface area contributed by atoms with Crippen LogP contribution in [0, 0.1) is 0 Å². The lowest BCUT2D eigenvalue weighted by Crippen LogP contribution is -2.32. The zero-order valence-corrected chi connectivity index (χ0v) is 11.7. The SMILES string of the molecule is CN(C(=O)O)C(=O)CCl.CSC(C)(C)C=NO. The van der Waals surface area contributed by atoms with Crippen molar-refractivity contribution in [1.82, 2.24) is 4.90 Å². The molecule has 0 atom stereocenters. The second-order valence-corrected chi connectivity index (χ2v) is 5.15. The van der Waals surface area contributed by atoms with Gasteiger partial charge in [-0.1, -0.05) is 0 Å². The maximum absolute atomic E-state index is 10.4. The second-order valence-electron chi connectivity index (χ2n) is 3.42. The molecule has 0 rings (SSSR count). The molecule has 0 saturated heterocycles. The predicted molar refractivity (Wildman–Crippen MR) is 69.4 cm³/mol. The maximum Gasteiger partial charge on any atom is 0.413 e. The number of carbonyl (C=O) groups is 2. The number of oxime groups is 1. The minimum absolute atomic E-state index is 0.0330. The molecule has 0 fully saturated rings. The van der Waals surface area contributed by atoms with Crippen LogP contribution in [-0.4, -0.2) is 57.4 Å². The normalized spacial score (nSPS) is 10.6. The summed E-state index contributed by atoms with van der Waals surface area (Å²) in [6.45, 7) is 3.97. The Balaban J connectivity index is 0. The van der Waals surface area contributed by atoms with Crippen LogP contribution < -0.4 is 0 Å². The van der Waals surface area contributed by atoms with Crippen LogP contribution in [0.1, 0.15) is 13.8 Å². The van der Waals surface area contributed by atoms with Gasteiger partial charge >= 0.3 is 6.09 Å². The van der Waals surface area contributed by atoms with E-state index in [2.05, 4.69) is 5.16 Å². The fourth-order valence-corrected chi connectivity index (χ4v) is 0.720. The first-order valence-corrected chi connectivity index (χ1v) is 6.27. The molecule has 0 aliphatic rings. The molecule has 0 spiro atoms. The third-order valence-electron chi connectivity index (χ3n) is 1.67. The first-order valence-electron chi connectivity index (χ1n) is 4.51. The Kier molecular flexibility index (Phi) is 9.88. The second kappa shape index (κ2) is 9.12. The predicted octanol–water partition coefficient (Wildman–Crippen LogP) is 1.95.